The number of nitrogens with one attached hydrogen (secondary N) is 1. The highest BCUT2D eigenvalue weighted by Crippen LogP contribution is 2.37. The maximum absolute atomic E-state index is 11.4. The first-order chi connectivity index (χ1) is 9.12. The van der Waals surface area contributed by atoms with Crippen molar-refractivity contribution in [1.82, 2.24) is 10.3 Å². The zero-order valence-electron chi connectivity index (χ0n) is 11.7. The van der Waals surface area contributed by atoms with Gasteiger partial charge in [0.2, 0.25) is 0 Å². The van der Waals surface area contributed by atoms with E-state index in [9.17, 15) is 4.79 Å². The van der Waals surface area contributed by atoms with Crippen molar-refractivity contribution in [3.05, 3.63) is 21.9 Å². The summed E-state index contributed by atoms with van der Waals surface area (Å²) in [5.74, 6) is 4.95. The van der Waals surface area contributed by atoms with Gasteiger partial charge in [0.05, 0.1) is 4.88 Å². The van der Waals surface area contributed by atoms with E-state index in [0.29, 0.717) is 10.3 Å². The van der Waals surface area contributed by atoms with Crippen LogP contribution in [-0.4, -0.2) is 23.9 Å². The van der Waals surface area contributed by atoms with Crippen molar-refractivity contribution in [3.63, 3.8) is 0 Å². The SMILES string of the molecule is CCC1(CC)CCN(Cc2ccc(C(=O)NN)s2)C1. The number of carbonyl (C=O) groups is 1. The molecule has 0 unspecified atom stereocenters. The lowest BCUT2D eigenvalue weighted by Crippen LogP contribution is -2.29. The molecule has 3 N–H and O–H groups in total. The second-order valence-electron chi connectivity index (χ2n) is 5.41. The molecule has 1 amide bonds. The first kappa shape index (κ1) is 14.5. The zero-order valence-corrected chi connectivity index (χ0v) is 12.6. The van der Waals surface area contributed by atoms with Crippen molar-refractivity contribution < 1.29 is 4.79 Å². The third kappa shape index (κ3) is 3.16. The molecule has 0 saturated carbocycles. The van der Waals surface area contributed by atoms with E-state index in [1.807, 2.05) is 12.1 Å². The molecular weight excluding hydrogens is 258 g/mol. The summed E-state index contributed by atoms with van der Waals surface area (Å²) in [5.41, 5.74) is 2.69. The van der Waals surface area contributed by atoms with Crippen LogP contribution in [0.15, 0.2) is 12.1 Å². The number of hydrogen-bond acceptors (Lipinski definition) is 4. The molecule has 0 aromatic carbocycles. The molecule has 0 atom stereocenters. The molecule has 0 aliphatic carbocycles. The first-order valence-corrected chi connectivity index (χ1v) is 7.76. The van der Waals surface area contributed by atoms with E-state index in [-0.39, 0.29) is 5.91 Å². The van der Waals surface area contributed by atoms with Gasteiger partial charge < -0.3 is 0 Å². The summed E-state index contributed by atoms with van der Waals surface area (Å²) in [4.78, 5) is 15.8. The van der Waals surface area contributed by atoms with Crippen molar-refractivity contribution in [2.45, 2.75) is 39.7 Å². The number of likely N-dealkylation sites (tertiary alicyclic amines) is 1. The molecule has 2 heterocycles. The van der Waals surface area contributed by atoms with Crippen molar-refractivity contribution in [2.24, 2.45) is 11.3 Å². The van der Waals surface area contributed by atoms with E-state index in [0.717, 1.165) is 13.1 Å². The van der Waals surface area contributed by atoms with E-state index < -0.39 is 0 Å². The molecule has 1 fully saturated rings. The number of nitrogens with zero attached hydrogens (tertiary/aromatic N) is 1. The minimum atomic E-state index is -0.200. The molecule has 19 heavy (non-hydrogen) atoms. The quantitative estimate of drug-likeness (QED) is 0.495. The molecule has 0 radical (unpaired) electrons. The van der Waals surface area contributed by atoms with Crippen molar-refractivity contribution in [3.8, 4) is 0 Å². The Morgan fingerprint density at radius 3 is 2.79 bits per heavy atom. The van der Waals surface area contributed by atoms with Crippen LogP contribution in [0.25, 0.3) is 0 Å². The van der Waals surface area contributed by atoms with Crippen molar-refractivity contribution in [2.75, 3.05) is 13.1 Å². The Labute approximate surface area is 118 Å². The maximum atomic E-state index is 11.4. The number of hydrazine groups is 1. The van der Waals surface area contributed by atoms with Crippen molar-refractivity contribution >= 4 is 17.2 Å². The smallest absolute Gasteiger partial charge is 0.275 e. The minimum Gasteiger partial charge on any atom is -0.298 e. The lowest BCUT2D eigenvalue weighted by molar-refractivity contribution is 0.0957. The zero-order chi connectivity index (χ0) is 13.9. The number of amides is 1. The molecule has 106 valence electrons. The fourth-order valence-corrected chi connectivity index (χ4v) is 3.82. The number of carbonyl (C=O) groups excluding carboxylic acids is 1. The predicted octanol–water partition coefficient (Wildman–Crippen LogP) is 2.36. The Hall–Kier alpha value is -0.910. The fourth-order valence-electron chi connectivity index (χ4n) is 2.87. The summed E-state index contributed by atoms with van der Waals surface area (Å²) in [6.45, 7) is 7.88. The van der Waals surface area contributed by atoms with Crippen molar-refractivity contribution in [1.29, 1.82) is 0 Å². The largest absolute Gasteiger partial charge is 0.298 e. The van der Waals surface area contributed by atoms with E-state index in [1.54, 1.807) is 0 Å². The molecule has 2 rings (SSSR count). The van der Waals surface area contributed by atoms with Gasteiger partial charge in [-0.2, -0.15) is 0 Å². The van der Waals surface area contributed by atoms with Crippen LogP contribution < -0.4 is 11.3 Å². The summed E-state index contributed by atoms with van der Waals surface area (Å²) in [5, 5.41) is 0. The highest BCUT2D eigenvalue weighted by Gasteiger charge is 2.34. The van der Waals surface area contributed by atoms with Crippen LogP contribution in [-0.2, 0) is 6.54 Å². The molecule has 1 aliphatic heterocycles. The topological polar surface area (TPSA) is 58.4 Å². The Morgan fingerprint density at radius 1 is 1.47 bits per heavy atom. The lowest BCUT2D eigenvalue weighted by atomic mass is 9.82. The van der Waals surface area contributed by atoms with Gasteiger partial charge in [-0.25, -0.2) is 5.84 Å². The molecule has 0 bridgehead atoms. The minimum absolute atomic E-state index is 0.200. The maximum Gasteiger partial charge on any atom is 0.275 e. The predicted molar refractivity (Wildman–Crippen MR) is 78.9 cm³/mol. The second-order valence-corrected chi connectivity index (χ2v) is 6.58. The van der Waals surface area contributed by atoms with Crippen LogP contribution >= 0.6 is 11.3 Å². The third-order valence-corrected chi connectivity index (χ3v) is 5.48. The van der Waals surface area contributed by atoms with Crippen LogP contribution in [0.2, 0.25) is 0 Å². The van der Waals surface area contributed by atoms with Crippen LogP contribution in [0.4, 0.5) is 0 Å². The van der Waals surface area contributed by atoms with E-state index >= 15 is 0 Å². The molecule has 4 nitrogen and oxygen atoms in total. The van der Waals surface area contributed by atoms with Crippen LogP contribution in [0.5, 0.6) is 0 Å². The van der Waals surface area contributed by atoms with Crippen LogP contribution in [0.3, 0.4) is 0 Å². The van der Waals surface area contributed by atoms with Gasteiger partial charge >= 0.3 is 0 Å². The molecule has 0 spiro atoms. The van der Waals surface area contributed by atoms with Gasteiger partial charge in [-0.05, 0) is 43.4 Å². The summed E-state index contributed by atoms with van der Waals surface area (Å²) in [7, 11) is 0. The summed E-state index contributed by atoms with van der Waals surface area (Å²) >= 11 is 1.53. The average Bonchev–Trinajstić information content (AvgIpc) is 3.06. The second kappa shape index (κ2) is 6.03. The Bertz CT molecular complexity index is 440. The first-order valence-electron chi connectivity index (χ1n) is 6.94. The van der Waals surface area contributed by atoms with Crippen LogP contribution in [0.1, 0.15) is 47.7 Å². The van der Waals surface area contributed by atoms with Gasteiger partial charge in [0.25, 0.3) is 5.91 Å². The number of nitrogen functional groups attached to an aromatic ring is 1. The van der Waals surface area contributed by atoms with Gasteiger partial charge in [0.1, 0.15) is 0 Å². The standard InChI is InChI=1S/C14H23N3OS/c1-3-14(4-2)7-8-17(10-14)9-11-5-6-12(19-11)13(18)16-15/h5-6H,3-4,7-10,15H2,1-2H3,(H,16,18). The molecular formula is C14H23N3OS. The van der Waals surface area contributed by atoms with Gasteiger partial charge in [-0.1, -0.05) is 13.8 Å². The summed E-state index contributed by atoms with van der Waals surface area (Å²) in [6, 6.07) is 3.89. The molecule has 1 aromatic rings. The van der Waals surface area contributed by atoms with Gasteiger partial charge in [-0.3, -0.25) is 15.1 Å². The van der Waals surface area contributed by atoms with Gasteiger partial charge in [0, 0.05) is 18.0 Å². The Morgan fingerprint density at radius 2 is 2.21 bits per heavy atom. The van der Waals surface area contributed by atoms with Gasteiger partial charge in [0.15, 0.2) is 0 Å². The number of hydrogen-bond donors (Lipinski definition) is 2. The number of thiophene rings is 1. The monoisotopic (exact) mass is 281 g/mol. The molecule has 1 aliphatic rings. The Balaban J connectivity index is 1.96. The lowest BCUT2D eigenvalue weighted by Gasteiger charge is -2.26. The van der Waals surface area contributed by atoms with E-state index in [1.165, 1.54) is 42.0 Å². The van der Waals surface area contributed by atoms with E-state index in [2.05, 4.69) is 24.2 Å². The van der Waals surface area contributed by atoms with E-state index in [4.69, 9.17) is 5.84 Å². The normalized spacial score (nSPS) is 18.7. The molecule has 5 heteroatoms. The fraction of sp³-hybridized carbons (Fsp3) is 0.643. The Kier molecular flexibility index (Phi) is 4.60. The summed E-state index contributed by atoms with van der Waals surface area (Å²) in [6.07, 6.45) is 3.80. The molecule has 1 saturated heterocycles. The third-order valence-electron chi connectivity index (χ3n) is 4.41. The highest BCUT2D eigenvalue weighted by atomic mass is 32.1. The molecule has 1 aromatic heterocycles. The highest BCUT2D eigenvalue weighted by molar-refractivity contribution is 7.14. The number of nitrogens with two attached hydrogens (primary N) is 1. The van der Waals surface area contributed by atoms with Gasteiger partial charge in [-0.15, -0.1) is 11.3 Å². The van der Waals surface area contributed by atoms with Crippen LogP contribution in [0, 0.1) is 5.41 Å². The summed E-state index contributed by atoms with van der Waals surface area (Å²) < 4.78 is 0. The number of rotatable bonds is 5. The average molecular weight is 281 g/mol.